The third kappa shape index (κ3) is 4.81. The monoisotopic (exact) mass is 317 g/mol. The molecule has 6 nitrogen and oxygen atoms in total. The van der Waals surface area contributed by atoms with Gasteiger partial charge < -0.3 is 15.5 Å². The standard InChI is InChI=1S/C17H23N3O3/c1-12(2)11-18-16(22)17(23)19-13-6-5-7-14(10-13)20-9-4-3-8-15(20)21/h5-7,10,12H,3-4,8-9,11H2,1-2H3,(H,18,22)(H,19,23). The highest BCUT2D eigenvalue weighted by molar-refractivity contribution is 6.39. The molecule has 23 heavy (non-hydrogen) atoms. The van der Waals surface area contributed by atoms with Gasteiger partial charge in [-0.1, -0.05) is 19.9 Å². The van der Waals surface area contributed by atoms with Crippen LogP contribution in [0.1, 0.15) is 33.1 Å². The SMILES string of the molecule is CC(C)CNC(=O)C(=O)Nc1cccc(N2CCCCC2=O)c1. The fourth-order valence-electron chi connectivity index (χ4n) is 2.40. The molecule has 0 unspecified atom stereocenters. The van der Waals surface area contributed by atoms with Crippen LogP contribution in [0, 0.1) is 5.92 Å². The number of carbonyl (C=O) groups is 3. The zero-order valence-electron chi connectivity index (χ0n) is 13.6. The van der Waals surface area contributed by atoms with E-state index in [0.717, 1.165) is 18.5 Å². The van der Waals surface area contributed by atoms with Crippen LogP contribution in [0.15, 0.2) is 24.3 Å². The Bertz CT molecular complexity index is 599. The second-order valence-corrected chi connectivity index (χ2v) is 6.11. The number of benzene rings is 1. The van der Waals surface area contributed by atoms with E-state index in [4.69, 9.17) is 0 Å². The largest absolute Gasteiger partial charge is 0.348 e. The lowest BCUT2D eigenvalue weighted by Crippen LogP contribution is -2.37. The van der Waals surface area contributed by atoms with Gasteiger partial charge in [0.2, 0.25) is 5.91 Å². The quantitative estimate of drug-likeness (QED) is 0.833. The first kappa shape index (κ1) is 17.0. The Labute approximate surface area is 136 Å². The van der Waals surface area contributed by atoms with Crippen molar-refractivity contribution in [2.45, 2.75) is 33.1 Å². The van der Waals surface area contributed by atoms with Crippen LogP contribution >= 0.6 is 0 Å². The molecule has 0 aromatic heterocycles. The normalized spacial score (nSPS) is 14.7. The summed E-state index contributed by atoms with van der Waals surface area (Å²) in [5.74, 6) is -0.986. The van der Waals surface area contributed by atoms with Crippen LogP contribution < -0.4 is 15.5 Å². The van der Waals surface area contributed by atoms with Gasteiger partial charge in [0.05, 0.1) is 0 Å². The molecule has 1 fully saturated rings. The van der Waals surface area contributed by atoms with Crippen molar-refractivity contribution < 1.29 is 14.4 Å². The van der Waals surface area contributed by atoms with Gasteiger partial charge in [-0.15, -0.1) is 0 Å². The number of piperidine rings is 1. The van der Waals surface area contributed by atoms with Gasteiger partial charge in [0.25, 0.3) is 0 Å². The third-order valence-corrected chi connectivity index (χ3v) is 3.62. The lowest BCUT2D eigenvalue weighted by atomic mass is 10.1. The Balaban J connectivity index is 2.00. The van der Waals surface area contributed by atoms with E-state index in [-0.39, 0.29) is 11.8 Å². The van der Waals surface area contributed by atoms with Gasteiger partial charge in [0, 0.05) is 30.9 Å². The van der Waals surface area contributed by atoms with E-state index in [1.165, 1.54) is 0 Å². The molecular formula is C17H23N3O3. The van der Waals surface area contributed by atoms with Crippen molar-refractivity contribution in [3.05, 3.63) is 24.3 Å². The summed E-state index contributed by atoms with van der Waals surface area (Å²) in [6.07, 6.45) is 2.44. The molecule has 1 aliphatic heterocycles. The fraction of sp³-hybridized carbons (Fsp3) is 0.471. The van der Waals surface area contributed by atoms with Crippen molar-refractivity contribution in [2.75, 3.05) is 23.3 Å². The second-order valence-electron chi connectivity index (χ2n) is 6.11. The number of hydrogen-bond acceptors (Lipinski definition) is 3. The van der Waals surface area contributed by atoms with E-state index < -0.39 is 11.8 Å². The fourth-order valence-corrected chi connectivity index (χ4v) is 2.40. The number of anilines is 2. The average molecular weight is 317 g/mol. The minimum Gasteiger partial charge on any atom is -0.348 e. The molecule has 2 N–H and O–H groups in total. The Morgan fingerprint density at radius 1 is 1.22 bits per heavy atom. The minimum atomic E-state index is -0.701. The number of nitrogens with zero attached hydrogens (tertiary/aromatic N) is 1. The maximum absolute atomic E-state index is 12.0. The molecule has 0 spiro atoms. The third-order valence-electron chi connectivity index (χ3n) is 3.62. The summed E-state index contributed by atoms with van der Waals surface area (Å²) in [5, 5.41) is 5.14. The topological polar surface area (TPSA) is 78.5 Å². The first-order valence-corrected chi connectivity index (χ1v) is 7.97. The van der Waals surface area contributed by atoms with Crippen LogP contribution in [0.25, 0.3) is 0 Å². The molecule has 3 amide bonds. The Kier molecular flexibility index (Phi) is 5.73. The van der Waals surface area contributed by atoms with E-state index in [0.29, 0.717) is 25.2 Å². The van der Waals surface area contributed by atoms with Crippen LogP contribution in [-0.2, 0) is 14.4 Å². The minimum absolute atomic E-state index is 0.0920. The zero-order chi connectivity index (χ0) is 16.8. The lowest BCUT2D eigenvalue weighted by molar-refractivity contribution is -0.136. The van der Waals surface area contributed by atoms with Crippen molar-refractivity contribution in [2.24, 2.45) is 5.92 Å². The van der Waals surface area contributed by atoms with Gasteiger partial charge in [0.15, 0.2) is 0 Å². The van der Waals surface area contributed by atoms with Crippen LogP contribution in [0.3, 0.4) is 0 Å². The molecule has 124 valence electrons. The molecule has 0 saturated carbocycles. The van der Waals surface area contributed by atoms with Crippen LogP contribution in [-0.4, -0.2) is 30.8 Å². The van der Waals surface area contributed by atoms with Gasteiger partial charge in [-0.2, -0.15) is 0 Å². The highest BCUT2D eigenvalue weighted by Crippen LogP contribution is 2.23. The molecule has 1 aliphatic rings. The Morgan fingerprint density at radius 2 is 2.00 bits per heavy atom. The Morgan fingerprint density at radius 3 is 2.70 bits per heavy atom. The lowest BCUT2D eigenvalue weighted by Gasteiger charge is -2.27. The molecule has 2 rings (SSSR count). The van der Waals surface area contributed by atoms with E-state index in [2.05, 4.69) is 10.6 Å². The summed E-state index contributed by atoms with van der Waals surface area (Å²) in [5.41, 5.74) is 1.25. The molecule has 1 heterocycles. The van der Waals surface area contributed by atoms with Gasteiger partial charge in [-0.25, -0.2) is 0 Å². The van der Waals surface area contributed by atoms with Crippen molar-refractivity contribution in [3.8, 4) is 0 Å². The summed E-state index contributed by atoms with van der Waals surface area (Å²) in [4.78, 5) is 37.3. The Hall–Kier alpha value is -2.37. The van der Waals surface area contributed by atoms with Gasteiger partial charge in [-0.3, -0.25) is 14.4 Å². The smallest absolute Gasteiger partial charge is 0.313 e. The van der Waals surface area contributed by atoms with Crippen molar-refractivity contribution in [3.63, 3.8) is 0 Å². The number of nitrogens with one attached hydrogen (secondary N) is 2. The molecule has 0 atom stereocenters. The van der Waals surface area contributed by atoms with Crippen LogP contribution in [0.2, 0.25) is 0 Å². The molecule has 1 aromatic rings. The number of rotatable bonds is 4. The zero-order valence-corrected chi connectivity index (χ0v) is 13.6. The second kappa shape index (κ2) is 7.76. The molecule has 1 aromatic carbocycles. The molecule has 6 heteroatoms. The summed E-state index contributed by atoms with van der Waals surface area (Å²) in [6, 6.07) is 7.01. The van der Waals surface area contributed by atoms with E-state index in [9.17, 15) is 14.4 Å². The van der Waals surface area contributed by atoms with Gasteiger partial charge in [-0.05, 0) is 37.0 Å². The molecular weight excluding hydrogens is 294 g/mol. The highest BCUT2D eigenvalue weighted by atomic mass is 16.2. The molecule has 0 bridgehead atoms. The highest BCUT2D eigenvalue weighted by Gasteiger charge is 2.20. The number of carbonyl (C=O) groups excluding carboxylic acids is 3. The summed E-state index contributed by atoms with van der Waals surface area (Å²) >= 11 is 0. The maximum Gasteiger partial charge on any atom is 0.313 e. The summed E-state index contributed by atoms with van der Waals surface area (Å²) < 4.78 is 0. The molecule has 0 radical (unpaired) electrons. The van der Waals surface area contributed by atoms with Crippen LogP contribution in [0.4, 0.5) is 11.4 Å². The number of amides is 3. The maximum atomic E-state index is 12.0. The van der Waals surface area contributed by atoms with Gasteiger partial charge in [0.1, 0.15) is 0 Å². The number of hydrogen-bond donors (Lipinski definition) is 2. The first-order chi connectivity index (χ1) is 11.0. The summed E-state index contributed by atoms with van der Waals surface area (Å²) in [7, 11) is 0. The van der Waals surface area contributed by atoms with Crippen molar-refractivity contribution >= 4 is 29.1 Å². The van der Waals surface area contributed by atoms with Crippen LogP contribution in [0.5, 0.6) is 0 Å². The van der Waals surface area contributed by atoms with E-state index >= 15 is 0 Å². The van der Waals surface area contributed by atoms with E-state index in [1.54, 1.807) is 23.1 Å². The molecule has 0 aliphatic carbocycles. The molecule has 1 saturated heterocycles. The van der Waals surface area contributed by atoms with E-state index in [1.807, 2.05) is 19.9 Å². The predicted molar refractivity (Wildman–Crippen MR) is 89.1 cm³/mol. The summed E-state index contributed by atoms with van der Waals surface area (Å²) in [6.45, 7) is 5.05. The van der Waals surface area contributed by atoms with Crippen molar-refractivity contribution in [1.82, 2.24) is 5.32 Å². The van der Waals surface area contributed by atoms with Gasteiger partial charge >= 0.3 is 11.8 Å². The average Bonchev–Trinajstić information content (AvgIpc) is 2.53. The van der Waals surface area contributed by atoms with Crippen molar-refractivity contribution in [1.29, 1.82) is 0 Å². The first-order valence-electron chi connectivity index (χ1n) is 7.97. The predicted octanol–water partition coefficient (Wildman–Crippen LogP) is 1.91.